The molecule has 5 heteroatoms. The molecule has 1 aliphatic rings. The van der Waals surface area contributed by atoms with Crippen LogP contribution in [-0.2, 0) is 4.79 Å². The van der Waals surface area contributed by atoms with Crippen LogP contribution in [0.4, 0.5) is 0 Å². The van der Waals surface area contributed by atoms with Crippen LogP contribution in [0.25, 0.3) is 6.08 Å². The number of carbonyl (C=O) groups is 1. The minimum Gasteiger partial charge on any atom is -0.488 e. The highest BCUT2D eigenvalue weighted by Crippen LogP contribution is 2.28. The summed E-state index contributed by atoms with van der Waals surface area (Å²) in [6.07, 6.45) is 1.81. The number of amides is 1. The molecule has 19 heavy (non-hydrogen) atoms. The highest BCUT2D eigenvalue weighted by Gasteiger charge is 2.17. The summed E-state index contributed by atoms with van der Waals surface area (Å²) >= 11 is 5.93. The number of benzene rings is 1. The second-order valence-electron chi connectivity index (χ2n) is 4.69. The summed E-state index contributed by atoms with van der Waals surface area (Å²) in [5, 5.41) is 3.47. The minimum atomic E-state index is -0.120. The van der Waals surface area contributed by atoms with Crippen molar-refractivity contribution in [2.24, 2.45) is 11.7 Å². The zero-order chi connectivity index (χ0) is 13.8. The van der Waals surface area contributed by atoms with Crippen molar-refractivity contribution in [3.8, 4) is 5.75 Å². The summed E-state index contributed by atoms with van der Waals surface area (Å²) in [7, 11) is 0. The molecule has 0 fully saturated rings. The smallest absolute Gasteiger partial charge is 0.250 e. The SMILES string of the molecule is CC(CN)CNC(=O)C1=Cc2cc(Cl)ccc2OC1. The number of nitrogens with two attached hydrogens (primary N) is 1. The van der Waals surface area contributed by atoms with Gasteiger partial charge in [0.1, 0.15) is 12.4 Å². The van der Waals surface area contributed by atoms with Gasteiger partial charge in [0.25, 0.3) is 5.91 Å². The first-order valence-electron chi connectivity index (χ1n) is 6.21. The van der Waals surface area contributed by atoms with Gasteiger partial charge in [0, 0.05) is 17.1 Å². The second kappa shape index (κ2) is 6.08. The molecule has 1 atom stereocenters. The number of fused-ring (bicyclic) bond motifs is 1. The lowest BCUT2D eigenvalue weighted by Crippen LogP contribution is -2.34. The molecule has 2 rings (SSSR count). The molecule has 1 amide bonds. The molecule has 102 valence electrons. The molecule has 0 saturated carbocycles. The fraction of sp³-hybridized carbons (Fsp3) is 0.357. The number of carbonyl (C=O) groups excluding carboxylic acids is 1. The first kappa shape index (κ1) is 13.9. The Bertz CT molecular complexity index is 514. The normalized spacial score (nSPS) is 15.0. The van der Waals surface area contributed by atoms with E-state index in [0.717, 1.165) is 11.3 Å². The summed E-state index contributed by atoms with van der Waals surface area (Å²) in [6.45, 7) is 3.38. The number of ether oxygens (including phenoxy) is 1. The van der Waals surface area contributed by atoms with Gasteiger partial charge in [-0.25, -0.2) is 0 Å². The Kier molecular flexibility index (Phi) is 4.45. The molecule has 0 aromatic heterocycles. The van der Waals surface area contributed by atoms with Crippen molar-refractivity contribution in [1.82, 2.24) is 5.32 Å². The lowest BCUT2D eigenvalue weighted by Gasteiger charge is -2.18. The zero-order valence-corrected chi connectivity index (χ0v) is 11.5. The molecule has 0 saturated heterocycles. The monoisotopic (exact) mass is 280 g/mol. The third kappa shape index (κ3) is 3.49. The van der Waals surface area contributed by atoms with Crippen molar-refractivity contribution in [2.45, 2.75) is 6.92 Å². The molecule has 0 radical (unpaired) electrons. The highest BCUT2D eigenvalue weighted by molar-refractivity contribution is 6.30. The molecular weight excluding hydrogens is 264 g/mol. The summed E-state index contributed by atoms with van der Waals surface area (Å²) < 4.78 is 5.53. The predicted molar refractivity (Wildman–Crippen MR) is 76.2 cm³/mol. The molecule has 0 aliphatic carbocycles. The van der Waals surface area contributed by atoms with E-state index >= 15 is 0 Å². The quantitative estimate of drug-likeness (QED) is 0.884. The maximum atomic E-state index is 12.0. The Hall–Kier alpha value is -1.52. The van der Waals surface area contributed by atoms with Gasteiger partial charge < -0.3 is 15.8 Å². The van der Waals surface area contributed by atoms with E-state index < -0.39 is 0 Å². The van der Waals surface area contributed by atoms with Gasteiger partial charge in [-0.05, 0) is 36.7 Å². The molecule has 1 heterocycles. The Morgan fingerprint density at radius 2 is 2.37 bits per heavy atom. The first-order chi connectivity index (χ1) is 9.10. The number of hydrogen-bond donors (Lipinski definition) is 2. The van der Waals surface area contributed by atoms with Crippen LogP contribution in [0.1, 0.15) is 12.5 Å². The first-order valence-corrected chi connectivity index (χ1v) is 6.59. The number of rotatable bonds is 4. The summed E-state index contributed by atoms with van der Waals surface area (Å²) in [4.78, 5) is 12.0. The Morgan fingerprint density at radius 1 is 1.58 bits per heavy atom. The van der Waals surface area contributed by atoms with E-state index in [-0.39, 0.29) is 18.4 Å². The topological polar surface area (TPSA) is 64.3 Å². The van der Waals surface area contributed by atoms with E-state index in [9.17, 15) is 4.79 Å². The van der Waals surface area contributed by atoms with Crippen molar-refractivity contribution in [3.63, 3.8) is 0 Å². The van der Waals surface area contributed by atoms with E-state index in [4.69, 9.17) is 22.1 Å². The highest BCUT2D eigenvalue weighted by atomic mass is 35.5. The van der Waals surface area contributed by atoms with Crippen molar-refractivity contribution in [1.29, 1.82) is 0 Å². The largest absolute Gasteiger partial charge is 0.488 e. The fourth-order valence-corrected chi connectivity index (χ4v) is 1.92. The van der Waals surface area contributed by atoms with Crippen LogP contribution < -0.4 is 15.8 Å². The lowest BCUT2D eigenvalue weighted by atomic mass is 10.1. The Labute approximate surface area is 117 Å². The van der Waals surface area contributed by atoms with Gasteiger partial charge in [0.05, 0.1) is 5.57 Å². The Morgan fingerprint density at radius 3 is 3.11 bits per heavy atom. The van der Waals surface area contributed by atoms with Gasteiger partial charge >= 0.3 is 0 Å². The third-order valence-electron chi connectivity index (χ3n) is 2.99. The zero-order valence-electron chi connectivity index (χ0n) is 10.8. The van der Waals surface area contributed by atoms with Crippen LogP contribution in [0.3, 0.4) is 0 Å². The van der Waals surface area contributed by atoms with Crippen LogP contribution in [0, 0.1) is 5.92 Å². The van der Waals surface area contributed by atoms with Crippen LogP contribution >= 0.6 is 11.6 Å². The maximum absolute atomic E-state index is 12.0. The standard InChI is InChI=1S/C14H17ClN2O2/c1-9(6-16)7-17-14(18)11-4-10-5-12(15)2-3-13(10)19-8-11/h2-5,9H,6-8,16H2,1H3,(H,17,18). The van der Waals surface area contributed by atoms with Gasteiger partial charge in [-0.1, -0.05) is 18.5 Å². The molecule has 1 unspecified atom stereocenters. The average molecular weight is 281 g/mol. The summed E-state index contributed by atoms with van der Waals surface area (Å²) in [5.41, 5.74) is 6.94. The molecule has 4 nitrogen and oxygen atoms in total. The van der Waals surface area contributed by atoms with Crippen molar-refractivity contribution in [3.05, 3.63) is 34.4 Å². The van der Waals surface area contributed by atoms with Crippen molar-refractivity contribution >= 4 is 23.6 Å². The van der Waals surface area contributed by atoms with Gasteiger partial charge in [0.2, 0.25) is 0 Å². The van der Waals surface area contributed by atoms with Gasteiger partial charge in [-0.15, -0.1) is 0 Å². The van der Waals surface area contributed by atoms with Crippen LogP contribution in [-0.4, -0.2) is 25.6 Å². The molecular formula is C14H17ClN2O2. The van der Waals surface area contributed by atoms with E-state index in [0.29, 0.717) is 23.7 Å². The molecule has 0 bridgehead atoms. The van der Waals surface area contributed by atoms with E-state index in [2.05, 4.69) is 5.32 Å². The van der Waals surface area contributed by atoms with E-state index in [1.807, 2.05) is 13.0 Å². The van der Waals surface area contributed by atoms with Crippen molar-refractivity contribution < 1.29 is 9.53 Å². The molecule has 0 spiro atoms. The number of hydrogen-bond acceptors (Lipinski definition) is 3. The van der Waals surface area contributed by atoms with Gasteiger partial charge in [-0.3, -0.25) is 4.79 Å². The van der Waals surface area contributed by atoms with Crippen LogP contribution in [0.15, 0.2) is 23.8 Å². The Balaban J connectivity index is 2.08. The minimum absolute atomic E-state index is 0.120. The fourth-order valence-electron chi connectivity index (χ4n) is 1.74. The van der Waals surface area contributed by atoms with Crippen LogP contribution in [0.2, 0.25) is 5.02 Å². The van der Waals surface area contributed by atoms with E-state index in [1.165, 1.54) is 0 Å². The maximum Gasteiger partial charge on any atom is 0.250 e. The molecule has 1 aromatic carbocycles. The molecule has 1 aromatic rings. The molecule has 1 aliphatic heterocycles. The van der Waals surface area contributed by atoms with E-state index in [1.54, 1.807) is 18.2 Å². The second-order valence-corrected chi connectivity index (χ2v) is 5.13. The predicted octanol–water partition coefficient (Wildman–Crippen LogP) is 1.83. The van der Waals surface area contributed by atoms with Gasteiger partial charge in [0.15, 0.2) is 0 Å². The van der Waals surface area contributed by atoms with Gasteiger partial charge in [-0.2, -0.15) is 0 Å². The third-order valence-corrected chi connectivity index (χ3v) is 3.22. The number of nitrogens with one attached hydrogen (secondary N) is 1. The molecule has 3 N–H and O–H groups in total. The average Bonchev–Trinajstić information content (AvgIpc) is 2.43. The van der Waals surface area contributed by atoms with Crippen molar-refractivity contribution in [2.75, 3.05) is 19.7 Å². The van der Waals surface area contributed by atoms with Crippen LogP contribution in [0.5, 0.6) is 5.75 Å². The summed E-state index contributed by atoms with van der Waals surface area (Å²) in [6, 6.07) is 5.35. The summed E-state index contributed by atoms with van der Waals surface area (Å²) in [5.74, 6) is 0.887. The lowest BCUT2D eigenvalue weighted by molar-refractivity contribution is -0.117. The number of halogens is 1.